The van der Waals surface area contributed by atoms with Crippen LogP contribution in [0.1, 0.15) is 20.3 Å². The molecule has 94 valence electrons. The van der Waals surface area contributed by atoms with Gasteiger partial charge in [-0.05, 0) is 0 Å². The predicted molar refractivity (Wildman–Crippen MR) is 58.2 cm³/mol. The fourth-order valence-electron chi connectivity index (χ4n) is 1.33. The number of carbonyl (C=O) groups is 4. The van der Waals surface area contributed by atoms with E-state index in [0.717, 1.165) is 0 Å². The number of esters is 2. The van der Waals surface area contributed by atoms with Gasteiger partial charge in [-0.15, -0.1) is 0 Å². The fraction of sp³-hybridized carbons (Fsp3) is 0.600. The predicted octanol–water partition coefficient (Wildman–Crippen LogP) is 0.362. The molecule has 0 spiro atoms. The molecule has 0 bridgehead atoms. The van der Waals surface area contributed by atoms with Crippen LogP contribution in [0.3, 0.4) is 0 Å². The second-order valence-electron chi connectivity index (χ2n) is 3.99. The van der Waals surface area contributed by atoms with Gasteiger partial charge in [-0.1, -0.05) is 15.9 Å². The van der Waals surface area contributed by atoms with E-state index in [-0.39, 0.29) is 5.33 Å². The molecular formula is C10H11BrO6. The normalized spacial score (nSPS) is 19.5. The van der Waals surface area contributed by atoms with Crippen LogP contribution in [-0.2, 0) is 28.7 Å². The summed E-state index contributed by atoms with van der Waals surface area (Å²) < 4.78 is 9.53. The number of Topliss-reactive ketones (excluding diaryl/α,β-unsaturated/α-hetero) is 2. The van der Waals surface area contributed by atoms with Crippen molar-refractivity contribution in [1.82, 2.24) is 0 Å². The Morgan fingerprint density at radius 3 is 2.12 bits per heavy atom. The van der Waals surface area contributed by atoms with Crippen LogP contribution in [-0.4, -0.2) is 34.6 Å². The van der Waals surface area contributed by atoms with Crippen LogP contribution < -0.4 is 0 Å². The van der Waals surface area contributed by atoms with Crippen molar-refractivity contribution in [2.45, 2.75) is 26.1 Å². The van der Waals surface area contributed by atoms with Crippen molar-refractivity contribution in [3.8, 4) is 0 Å². The van der Waals surface area contributed by atoms with Crippen LogP contribution in [0.25, 0.3) is 0 Å². The lowest BCUT2D eigenvalue weighted by Crippen LogP contribution is -2.49. The number of ether oxygens (including phenoxy) is 2. The van der Waals surface area contributed by atoms with E-state index in [1.807, 2.05) is 0 Å². The van der Waals surface area contributed by atoms with Gasteiger partial charge in [-0.25, -0.2) is 0 Å². The largest absolute Gasteiger partial charge is 0.422 e. The maximum Gasteiger partial charge on any atom is 0.331 e. The zero-order chi connectivity index (χ0) is 13.2. The Labute approximate surface area is 106 Å². The fourth-order valence-corrected chi connectivity index (χ4v) is 1.52. The molecule has 0 unspecified atom stereocenters. The van der Waals surface area contributed by atoms with Crippen LogP contribution in [0, 0.1) is 5.92 Å². The first-order chi connectivity index (χ1) is 7.76. The molecule has 1 heterocycles. The quantitative estimate of drug-likeness (QED) is 0.423. The van der Waals surface area contributed by atoms with Crippen LogP contribution in [0.2, 0.25) is 0 Å². The maximum atomic E-state index is 11.6. The minimum absolute atomic E-state index is 0.0128. The highest BCUT2D eigenvalue weighted by Gasteiger charge is 2.47. The lowest BCUT2D eigenvalue weighted by atomic mass is 9.99. The summed E-state index contributed by atoms with van der Waals surface area (Å²) in [5.74, 6) is -6.19. The third-order valence-corrected chi connectivity index (χ3v) is 2.63. The Hall–Kier alpha value is -1.24. The molecule has 0 atom stereocenters. The molecule has 0 saturated carbocycles. The van der Waals surface area contributed by atoms with E-state index in [0.29, 0.717) is 0 Å². The summed E-state index contributed by atoms with van der Waals surface area (Å²) in [5.41, 5.74) is 0. The molecule has 1 rings (SSSR count). The molecular weight excluding hydrogens is 296 g/mol. The zero-order valence-electron chi connectivity index (χ0n) is 9.32. The molecule has 0 aromatic rings. The summed E-state index contributed by atoms with van der Waals surface area (Å²) in [6.07, 6.45) is -0.499. The van der Waals surface area contributed by atoms with Crippen molar-refractivity contribution < 1.29 is 28.7 Å². The van der Waals surface area contributed by atoms with Gasteiger partial charge in [0.1, 0.15) is 0 Å². The number of hydrogen-bond acceptors (Lipinski definition) is 6. The third kappa shape index (κ3) is 3.36. The molecule has 0 aromatic carbocycles. The first-order valence-corrected chi connectivity index (χ1v) is 5.95. The van der Waals surface area contributed by atoms with Crippen molar-refractivity contribution in [2.24, 2.45) is 5.92 Å². The molecule has 17 heavy (non-hydrogen) atoms. The molecule has 0 radical (unpaired) electrons. The topological polar surface area (TPSA) is 86.7 Å². The van der Waals surface area contributed by atoms with E-state index in [1.54, 1.807) is 0 Å². The van der Waals surface area contributed by atoms with Crippen molar-refractivity contribution in [3.63, 3.8) is 0 Å². The van der Waals surface area contributed by atoms with E-state index in [9.17, 15) is 19.2 Å². The number of alkyl halides is 1. The number of ketones is 2. The van der Waals surface area contributed by atoms with E-state index in [1.165, 1.54) is 13.8 Å². The van der Waals surface area contributed by atoms with E-state index in [2.05, 4.69) is 15.9 Å². The van der Waals surface area contributed by atoms with Gasteiger partial charge >= 0.3 is 11.9 Å². The van der Waals surface area contributed by atoms with Crippen molar-refractivity contribution in [3.05, 3.63) is 0 Å². The SMILES string of the molecule is CC1(C)OC(=O)C(C(=O)CC(=O)CBr)C(=O)O1. The van der Waals surface area contributed by atoms with Gasteiger partial charge in [0.15, 0.2) is 11.6 Å². The zero-order valence-corrected chi connectivity index (χ0v) is 10.9. The molecule has 1 fully saturated rings. The Balaban J connectivity index is 2.78. The van der Waals surface area contributed by atoms with Gasteiger partial charge < -0.3 is 9.47 Å². The van der Waals surface area contributed by atoms with Gasteiger partial charge in [0.2, 0.25) is 5.92 Å². The van der Waals surface area contributed by atoms with Gasteiger partial charge in [-0.2, -0.15) is 0 Å². The summed E-state index contributed by atoms with van der Waals surface area (Å²) >= 11 is 2.88. The average molecular weight is 307 g/mol. The Bertz CT molecular complexity index is 366. The summed E-state index contributed by atoms with van der Waals surface area (Å²) in [5, 5.41) is -0.0128. The van der Waals surface area contributed by atoms with Crippen molar-refractivity contribution in [2.75, 3.05) is 5.33 Å². The molecule has 1 saturated heterocycles. The van der Waals surface area contributed by atoms with Crippen LogP contribution in [0.4, 0.5) is 0 Å². The van der Waals surface area contributed by atoms with E-state index >= 15 is 0 Å². The second-order valence-corrected chi connectivity index (χ2v) is 4.55. The molecule has 7 heteroatoms. The van der Waals surface area contributed by atoms with Gasteiger partial charge in [0, 0.05) is 13.8 Å². The second kappa shape index (κ2) is 4.95. The molecule has 0 N–H and O–H groups in total. The lowest BCUT2D eigenvalue weighted by molar-refractivity contribution is -0.238. The maximum absolute atomic E-state index is 11.6. The number of halogens is 1. The Kier molecular flexibility index (Phi) is 4.03. The number of rotatable bonds is 4. The summed E-state index contributed by atoms with van der Waals surface area (Å²) in [4.78, 5) is 45.5. The number of hydrogen-bond donors (Lipinski definition) is 0. The molecule has 1 aliphatic heterocycles. The third-order valence-electron chi connectivity index (χ3n) is 2.01. The molecule has 0 aliphatic carbocycles. The Morgan fingerprint density at radius 2 is 1.71 bits per heavy atom. The van der Waals surface area contributed by atoms with E-state index in [4.69, 9.17) is 9.47 Å². The summed E-state index contributed by atoms with van der Waals surface area (Å²) in [6, 6.07) is 0. The van der Waals surface area contributed by atoms with Gasteiger partial charge in [0.05, 0.1) is 11.8 Å². The molecule has 1 aliphatic rings. The molecule has 0 amide bonds. The van der Waals surface area contributed by atoms with Gasteiger partial charge in [-0.3, -0.25) is 19.2 Å². The standard InChI is InChI=1S/C10H11BrO6/c1-10(2)16-8(14)7(9(15)17-10)6(13)3-5(12)4-11/h7H,3-4H2,1-2H3. The summed E-state index contributed by atoms with van der Waals surface area (Å²) in [7, 11) is 0. The average Bonchev–Trinajstić information content (AvgIpc) is 2.13. The van der Waals surface area contributed by atoms with Crippen LogP contribution in [0.15, 0.2) is 0 Å². The monoisotopic (exact) mass is 306 g/mol. The highest BCUT2D eigenvalue weighted by atomic mass is 79.9. The van der Waals surface area contributed by atoms with Crippen molar-refractivity contribution in [1.29, 1.82) is 0 Å². The molecule has 6 nitrogen and oxygen atoms in total. The van der Waals surface area contributed by atoms with Crippen molar-refractivity contribution >= 4 is 39.4 Å². The first-order valence-electron chi connectivity index (χ1n) is 4.83. The van der Waals surface area contributed by atoms with Crippen LogP contribution in [0.5, 0.6) is 0 Å². The highest BCUT2D eigenvalue weighted by molar-refractivity contribution is 9.09. The first kappa shape index (κ1) is 13.8. The summed E-state index contributed by atoms with van der Waals surface area (Å²) in [6.45, 7) is 2.76. The lowest BCUT2D eigenvalue weighted by Gasteiger charge is -2.32. The van der Waals surface area contributed by atoms with E-state index < -0.39 is 41.6 Å². The smallest absolute Gasteiger partial charge is 0.331 e. The minimum atomic E-state index is -1.65. The molecule has 0 aromatic heterocycles. The highest BCUT2D eigenvalue weighted by Crippen LogP contribution is 2.24. The minimum Gasteiger partial charge on any atom is -0.422 e. The number of cyclic esters (lactones) is 2. The Morgan fingerprint density at radius 1 is 1.24 bits per heavy atom. The number of carbonyl (C=O) groups excluding carboxylic acids is 4. The van der Waals surface area contributed by atoms with Gasteiger partial charge in [0.25, 0.3) is 5.79 Å². The van der Waals surface area contributed by atoms with Crippen LogP contribution >= 0.6 is 15.9 Å².